The number of nitrogens with one attached hydrogen (secondary N) is 2. The van der Waals surface area contributed by atoms with Gasteiger partial charge in [-0.3, -0.25) is 19.2 Å². The molecule has 1 fully saturated rings. The van der Waals surface area contributed by atoms with Crippen molar-refractivity contribution in [1.82, 2.24) is 10.6 Å². The van der Waals surface area contributed by atoms with Crippen molar-refractivity contribution in [2.24, 2.45) is 11.7 Å². The van der Waals surface area contributed by atoms with Crippen LogP contribution in [0, 0.1) is 11.7 Å². The molecule has 0 unspecified atom stereocenters. The third-order valence-corrected chi connectivity index (χ3v) is 4.64. The molecule has 1 saturated carbocycles. The average Bonchev–Trinajstić information content (AvgIpc) is 2.60. The molecule has 2 rings (SSSR count). The number of carbonyl (C=O) groups excluding carboxylic acids is 4. The first-order chi connectivity index (χ1) is 12.8. The zero-order chi connectivity index (χ0) is 20.0. The number of primary amides is 1. The molecule has 27 heavy (non-hydrogen) atoms. The van der Waals surface area contributed by atoms with Gasteiger partial charge in [0, 0.05) is 26.2 Å². The van der Waals surface area contributed by atoms with Crippen molar-refractivity contribution in [2.45, 2.75) is 51.1 Å². The number of nitrogens with two attached hydrogens (primary N) is 1. The Hall–Kier alpha value is -2.77. The molecule has 0 bridgehead atoms. The molecule has 0 heterocycles. The lowest BCUT2D eigenvalue weighted by Crippen LogP contribution is -2.56. The van der Waals surface area contributed by atoms with Crippen LogP contribution in [0.3, 0.4) is 0 Å². The number of amides is 3. The number of carbonyl (C=O) groups is 4. The van der Waals surface area contributed by atoms with Gasteiger partial charge in [-0.1, -0.05) is 12.1 Å². The Morgan fingerprint density at radius 2 is 1.89 bits per heavy atom. The van der Waals surface area contributed by atoms with E-state index in [0.29, 0.717) is 24.8 Å². The first-order valence-electron chi connectivity index (χ1n) is 8.89. The van der Waals surface area contributed by atoms with Gasteiger partial charge in [0.25, 0.3) is 0 Å². The molecule has 4 N–H and O–H groups in total. The molecular formula is C19H24FN3O4. The van der Waals surface area contributed by atoms with Crippen molar-refractivity contribution in [3.05, 3.63) is 35.6 Å². The average molecular weight is 377 g/mol. The van der Waals surface area contributed by atoms with Gasteiger partial charge in [0.1, 0.15) is 23.7 Å². The first kappa shape index (κ1) is 20.5. The number of halogens is 1. The predicted molar refractivity (Wildman–Crippen MR) is 95.8 cm³/mol. The fourth-order valence-corrected chi connectivity index (χ4v) is 3.33. The predicted octanol–water partition coefficient (Wildman–Crippen LogP) is 0.602. The van der Waals surface area contributed by atoms with Crippen LogP contribution in [-0.4, -0.2) is 35.6 Å². The Morgan fingerprint density at radius 3 is 2.44 bits per heavy atom. The molecule has 1 aliphatic rings. The molecule has 0 radical (unpaired) electrons. The highest BCUT2D eigenvalue weighted by atomic mass is 19.1. The van der Waals surface area contributed by atoms with E-state index in [2.05, 4.69) is 10.6 Å². The molecule has 1 aromatic carbocycles. The second-order valence-electron chi connectivity index (χ2n) is 6.87. The highest BCUT2D eigenvalue weighted by molar-refractivity contribution is 5.92. The summed E-state index contributed by atoms with van der Waals surface area (Å²) < 4.78 is 13.1. The first-order valence-corrected chi connectivity index (χ1v) is 8.89. The Bertz CT molecular complexity index is 720. The van der Waals surface area contributed by atoms with E-state index in [1.165, 1.54) is 31.2 Å². The fraction of sp³-hybridized carbons (Fsp3) is 0.474. The highest BCUT2D eigenvalue weighted by Crippen LogP contribution is 2.24. The smallest absolute Gasteiger partial charge is 0.243 e. The Balaban J connectivity index is 2.12. The van der Waals surface area contributed by atoms with Gasteiger partial charge in [0.05, 0.1) is 0 Å². The van der Waals surface area contributed by atoms with E-state index in [0.717, 1.165) is 0 Å². The normalized spacial score (nSPS) is 19.0. The van der Waals surface area contributed by atoms with Crippen LogP contribution in [0.15, 0.2) is 24.3 Å². The molecule has 3 atom stereocenters. The monoisotopic (exact) mass is 377 g/mol. The van der Waals surface area contributed by atoms with Crippen LogP contribution in [-0.2, 0) is 25.6 Å². The minimum Gasteiger partial charge on any atom is -0.368 e. The minimum absolute atomic E-state index is 0.0384. The maximum atomic E-state index is 13.1. The van der Waals surface area contributed by atoms with Gasteiger partial charge < -0.3 is 16.4 Å². The summed E-state index contributed by atoms with van der Waals surface area (Å²) in [4.78, 5) is 47.7. The van der Waals surface area contributed by atoms with Crippen LogP contribution in [0.25, 0.3) is 0 Å². The van der Waals surface area contributed by atoms with Crippen LogP contribution in [0.2, 0.25) is 0 Å². The van der Waals surface area contributed by atoms with Crippen molar-refractivity contribution in [1.29, 1.82) is 0 Å². The lowest BCUT2D eigenvalue weighted by Gasteiger charge is -2.29. The zero-order valence-corrected chi connectivity index (χ0v) is 15.2. The van der Waals surface area contributed by atoms with Crippen LogP contribution >= 0.6 is 0 Å². The van der Waals surface area contributed by atoms with Gasteiger partial charge in [0.15, 0.2) is 0 Å². The zero-order valence-electron chi connectivity index (χ0n) is 15.2. The van der Waals surface area contributed by atoms with Crippen LogP contribution in [0.4, 0.5) is 4.39 Å². The Morgan fingerprint density at radius 1 is 1.22 bits per heavy atom. The van der Waals surface area contributed by atoms with E-state index in [-0.39, 0.29) is 24.5 Å². The number of Topliss-reactive ketones (excluding diaryl/α,β-unsaturated/α-hetero) is 1. The number of hydrogen-bond donors (Lipinski definition) is 3. The lowest BCUT2D eigenvalue weighted by atomic mass is 9.82. The van der Waals surface area contributed by atoms with Crippen LogP contribution < -0.4 is 16.4 Å². The molecule has 7 nitrogen and oxygen atoms in total. The Labute approximate surface area is 156 Å². The highest BCUT2D eigenvalue weighted by Gasteiger charge is 2.33. The second-order valence-corrected chi connectivity index (χ2v) is 6.87. The van der Waals surface area contributed by atoms with E-state index in [4.69, 9.17) is 5.73 Å². The summed E-state index contributed by atoms with van der Waals surface area (Å²) >= 11 is 0. The van der Waals surface area contributed by atoms with Crippen molar-refractivity contribution >= 4 is 23.5 Å². The quantitative estimate of drug-likeness (QED) is 0.645. The second kappa shape index (κ2) is 9.25. The summed E-state index contributed by atoms with van der Waals surface area (Å²) in [6.45, 7) is 1.27. The SMILES string of the molecule is CC(=O)N[C@@H](Cc1ccc(F)cc1)C(=O)N[C@@H](C(N)=O)[C@@H]1CCCC(=O)C1. The molecule has 0 aliphatic heterocycles. The summed E-state index contributed by atoms with van der Waals surface area (Å²) in [5.41, 5.74) is 6.08. The summed E-state index contributed by atoms with van der Waals surface area (Å²) in [6.07, 6.45) is 2.04. The van der Waals surface area contributed by atoms with Gasteiger partial charge in [-0.05, 0) is 36.5 Å². The summed E-state index contributed by atoms with van der Waals surface area (Å²) in [6, 6.07) is 3.63. The Kier molecular flexibility index (Phi) is 7.04. The van der Waals surface area contributed by atoms with Gasteiger partial charge in [-0.25, -0.2) is 4.39 Å². The molecular weight excluding hydrogens is 353 g/mol. The minimum atomic E-state index is -0.980. The summed E-state index contributed by atoms with van der Waals surface area (Å²) in [5.74, 6) is -2.42. The van der Waals surface area contributed by atoms with Crippen molar-refractivity contribution < 1.29 is 23.6 Å². The van der Waals surface area contributed by atoms with Gasteiger partial charge >= 0.3 is 0 Å². The number of rotatable bonds is 7. The maximum absolute atomic E-state index is 13.1. The third-order valence-electron chi connectivity index (χ3n) is 4.64. The molecule has 0 saturated heterocycles. The van der Waals surface area contributed by atoms with Crippen LogP contribution in [0.5, 0.6) is 0 Å². The molecule has 146 valence electrons. The van der Waals surface area contributed by atoms with Crippen LogP contribution in [0.1, 0.15) is 38.2 Å². The standard InChI is InChI=1S/C19H24FN3O4/c1-11(24)22-16(9-12-5-7-14(20)8-6-12)19(27)23-17(18(21)26)13-3-2-4-15(25)10-13/h5-8,13,16-17H,2-4,9-10H2,1H3,(H2,21,26)(H,22,24)(H,23,27)/t13-,16+,17-/m1/s1. The maximum Gasteiger partial charge on any atom is 0.243 e. The van der Waals surface area contributed by atoms with E-state index in [9.17, 15) is 23.6 Å². The van der Waals surface area contributed by atoms with Crippen molar-refractivity contribution in [3.8, 4) is 0 Å². The number of benzene rings is 1. The summed E-state index contributed by atoms with van der Waals surface area (Å²) in [5, 5.41) is 5.12. The molecule has 1 aromatic rings. The van der Waals surface area contributed by atoms with Crippen molar-refractivity contribution in [3.63, 3.8) is 0 Å². The fourth-order valence-electron chi connectivity index (χ4n) is 3.33. The summed E-state index contributed by atoms with van der Waals surface area (Å²) in [7, 11) is 0. The van der Waals surface area contributed by atoms with E-state index in [1.54, 1.807) is 0 Å². The third kappa shape index (κ3) is 6.16. The number of ketones is 1. The van der Waals surface area contributed by atoms with Gasteiger partial charge in [-0.2, -0.15) is 0 Å². The van der Waals surface area contributed by atoms with E-state index in [1.807, 2.05) is 0 Å². The largest absolute Gasteiger partial charge is 0.368 e. The van der Waals surface area contributed by atoms with Crippen molar-refractivity contribution in [2.75, 3.05) is 0 Å². The van der Waals surface area contributed by atoms with E-state index < -0.39 is 35.6 Å². The molecule has 1 aliphatic carbocycles. The number of hydrogen-bond acceptors (Lipinski definition) is 4. The molecule has 0 aromatic heterocycles. The van der Waals surface area contributed by atoms with E-state index >= 15 is 0 Å². The molecule has 8 heteroatoms. The lowest BCUT2D eigenvalue weighted by molar-refractivity contribution is -0.132. The molecule has 3 amide bonds. The van der Waals surface area contributed by atoms with Gasteiger partial charge in [0.2, 0.25) is 17.7 Å². The van der Waals surface area contributed by atoms with Gasteiger partial charge in [-0.15, -0.1) is 0 Å². The topological polar surface area (TPSA) is 118 Å². The molecule has 0 spiro atoms.